The summed E-state index contributed by atoms with van der Waals surface area (Å²) < 4.78 is 16.4. The van der Waals surface area contributed by atoms with Crippen LogP contribution in [0.5, 0.6) is 5.88 Å². The molecule has 96 valence electrons. The molecule has 0 aliphatic rings. The van der Waals surface area contributed by atoms with Gasteiger partial charge in [0.1, 0.15) is 12.0 Å². The van der Waals surface area contributed by atoms with Gasteiger partial charge >= 0.3 is 0 Å². The summed E-state index contributed by atoms with van der Waals surface area (Å²) in [6, 6.07) is 0. The number of hydrogen-bond donors (Lipinski definition) is 2. The summed E-state index contributed by atoms with van der Waals surface area (Å²) >= 11 is 0. The predicted octanol–water partition coefficient (Wildman–Crippen LogP) is 0.636. The molecule has 0 spiro atoms. The lowest BCUT2D eigenvalue weighted by Crippen LogP contribution is -2.14. The van der Waals surface area contributed by atoms with Crippen LogP contribution in [-0.2, 0) is 10.8 Å². The van der Waals surface area contributed by atoms with Crippen molar-refractivity contribution in [1.82, 2.24) is 9.97 Å². The minimum absolute atomic E-state index is 0.00296. The largest absolute Gasteiger partial charge is 0.473 e. The highest BCUT2D eigenvalue weighted by Gasteiger charge is 2.10. The number of aromatic nitrogens is 2. The lowest BCUT2D eigenvalue weighted by Gasteiger charge is -2.13. The fourth-order valence-electron chi connectivity index (χ4n) is 1.15. The predicted molar refractivity (Wildman–Crippen MR) is 69.6 cm³/mol. The highest BCUT2D eigenvalue weighted by Crippen LogP contribution is 2.24. The van der Waals surface area contributed by atoms with Crippen LogP contribution in [0.2, 0.25) is 0 Å². The number of anilines is 2. The Morgan fingerprint density at radius 1 is 1.53 bits per heavy atom. The van der Waals surface area contributed by atoms with Crippen LogP contribution in [0.3, 0.4) is 0 Å². The van der Waals surface area contributed by atoms with Crippen molar-refractivity contribution in [2.24, 2.45) is 0 Å². The maximum absolute atomic E-state index is 10.9. The van der Waals surface area contributed by atoms with Gasteiger partial charge in [0.2, 0.25) is 5.88 Å². The van der Waals surface area contributed by atoms with Gasteiger partial charge in [-0.1, -0.05) is 0 Å². The Morgan fingerprint density at radius 2 is 2.24 bits per heavy atom. The lowest BCUT2D eigenvalue weighted by molar-refractivity contribution is 0.234. The van der Waals surface area contributed by atoms with Crippen molar-refractivity contribution in [1.29, 1.82) is 0 Å². The molecule has 7 heteroatoms. The lowest BCUT2D eigenvalue weighted by atomic mass is 10.4. The third-order valence-electron chi connectivity index (χ3n) is 1.88. The van der Waals surface area contributed by atoms with E-state index in [9.17, 15) is 4.21 Å². The van der Waals surface area contributed by atoms with E-state index in [1.165, 1.54) is 6.33 Å². The Kier molecular flexibility index (Phi) is 5.14. The third-order valence-corrected chi connectivity index (χ3v) is 2.66. The van der Waals surface area contributed by atoms with Crippen LogP contribution >= 0.6 is 0 Å². The van der Waals surface area contributed by atoms with Gasteiger partial charge < -0.3 is 15.8 Å². The Hall–Kier alpha value is -1.37. The molecule has 0 aliphatic carbocycles. The number of ether oxygens (including phenoxy) is 1. The quantitative estimate of drug-likeness (QED) is 0.778. The Balaban J connectivity index is 2.69. The van der Waals surface area contributed by atoms with E-state index in [0.717, 1.165) is 0 Å². The molecule has 3 N–H and O–H groups in total. The van der Waals surface area contributed by atoms with Crippen LogP contribution in [0.4, 0.5) is 11.5 Å². The van der Waals surface area contributed by atoms with Crippen LogP contribution in [-0.4, -0.2) is 38.8 Å². The number of rotatable bonds is 6. The fraction of sp³-hybridized carbons (Fsp3) is 0.600. The second-order valence-corrected chi connectivity index (χ2v) is 5.37. The van der Waals surface area contributed by atoms with Gasteiger partial charge in [-0.05, 0) is 13.8 Å². The van der Waals surface area contributed by atoms with Gasteiger partial charge in [0.15, 0.2) is 5.82 Å². The molecule has 0 aliphatic heterocycles. The van der Waals surface area contributed by atoms with E-state index < -0.39 is 10.8 Å². The van der Waals surface area contributed by atoms with Crippen molar-refractivity contribution in [2.75, 3.05) is 29.6 Å². The highest BCUT2D eigenvalue weighted by molar-refractivity contribution is 7.84. The molecule has 0 saturated carbocycles. The van der Waals surface area contributed by atoms with Gasteiger partial charge in [-0.3, -0.25) is 4.21 Å². The zero-order valence-corrected chi connectivity index (χ0v) is 11.1. The van der Waals surface area contributed by atoms with Crippen LogP contribution in [0, 0.1) is 0 Å². The molecule has 0 saturated heterocycles. The molecule has 1 unspecified atom stereocenters. The van der Waals surface area contributed by atoms with Crippen molar-refractivity contribution < 1.29 is 8.95 Å². The van der Waals surface area contributed by atoms with Gasteiger partial charge in [-0.15, -0.1) is 0 Å². The van der Waals surface area contributed by atoms with Crippen LogP contribution in [0.15, 0.2) is 6.33 Å². The van der Waals surface area contributed by atoms with Crippen LogP contribution in [0.25, 0.3) is 0 Å². The highest BCUT2D eigenvalue weighted by atomic mass is 32.2. The van der Waals surface area contributed by atoms with Gasteiger partial charge in [-0.25, -0.2) is 4.98 Å². The number of nitrogens with zero attached hydrogens (tertiary/aromatic N) is 2. The van der Waals surface area contributed by atoms with Crippen molar-refractivity contribution in [3.8, 4) is 5.88 Å². The molecule has 0 amide bonds. The van der Waals surface area contributed by atoms with Crippen molar-refractivity contribution >= 4 is 22.3 Å². The standard InChI is InChI=1S/C10H18N4O2S/c1-7(2)16-10-8(11)9(13-6-14-10)12-4-5-17(3)15/h6-7H,4-5,11H2,1-3H3,(H,12,13,14). The summed E-state index contributed by atoms with van der Waals surface area (Å²) in [6.45, 7) is 4.34. The van der Waals surface area contributed by atoms with Crippen molar-refractivity contribution in [2.45, 2.75) is 20.0 Å². The molecule has 1 aromatic rings. The molecular weight excluding hydrogens is 240 g/mol. The first kappa shape index (κ1) is 13.7. The normalized spacial score (nSPS) is 12.5. The van der Waals surface area contributed by atoms with E-state index in [4.69, 9.17) is 10.5 Å². The van der Waals surface area contributed by atoms with Gasteiger partial charge in [-0.2, -0.15) is 4.98 Å². The molecule has 0 aromatic carbocycles. The van der Waals surface area contributed by atoms with E-state index in [1.807, 2.05) is 13.8 Å². The average molecular weight is 258 g/mol. The van der Waals surface area contributed by atoms with E-state index in [-0.39, 0.29) is 6.10 Å². The first-order valence-corrected chi connectivity index (χ1v) is 7.04. The van der Waals surface area contributed by atoms with Crippen LogP contribution in [0.1, 0.15) is 13.8 Å². The zero-order valence-electron chi connectivity index (χ0n) is 10.3. The minimum atomic E-state index is -0.838. The first-order chi connectivity index (χ1) is 8.00. The number of nitrogens with one attached hydrogen (secondary N) is 1. The monoisotopic (exact) mass is 258 g/mol. The fourth-order valence-corrected chi connectivity index (χ4v) is 1.54. The molecule has 17 heavy (non-hydrogen) atoms. The Morgan fingerprint density at radius 3 is 2.82 bits per heavy atom. The topological polar surface area (TPSA) is 90.1 Å². The minimum Gasteiger partial charge on any atom is -0.473 e. The number of nitrogens with two attached hydrogens (primary N) is 1. The SMILES string of the molecule is CC(C)Oc1ncnc(NCCS(C)=O)c1N. The van der Waals surface area contributed by atoms with E-state index in [1.54, 1.807) is 6.26 Å². The molecule has 6 nitrogen and oxygen atoms in total. The first-order valence-electron chi connectivity index (χ1n) is 5.31. The summed E-state index contributed by atoms with van der Waals surface area (Å²) in [4.78, 5) is 7.98. The number of nitrogen functional groups attached to an aromatic ring is 1. The molecule has 1 atom stereocenters. The number of hydrogen-bond acceptors (Lipinski definition) is 6. The molecule has 1 aromatic heterocycles. The summed E-state index contributed by atoms with van der Waals surface area (Å²) in [5.41, 5.74) is 6.24. The maximum Gasteiger partial charge on any atom is 0.242 e. The molecule has 0 bridgehead atoms. The summed E-state index contributed by atoms with van der Waals surface area (Å²) in [5, 5.41) is 3.01. The third kappa shape index (κ3) is 4.56. The second kappa shape index (κ2) is 6.39. The maximum atomic E-state index is 10.9. The summed E-state index contributed by atoms with van der Waals surface area (Å²) in [6.07, 6.45) is 3.04. The zero-order chi connectivity index (χ0) is 12.8. The van der Waals surface area contributed by atoms with Crippen molar-refractivity contribution in [3.05, 3.63) is 6.33 Å². The molecule has 0 radical (unpaired) electrons. The smallest absolute Gasteiger partial charge is 0.242 e. The molecule has 1 heterocycles. The molecule has 1 rings (SSSR count). The average Bonchev–Trinajstić information content (AvgIpc) is 2.22. The molecular formula is C10H18N4O2S. The van der Waals surface area contributed by atoms with Gasteiger partial charge in [0, 0.05) is 29.4 Å². The van der Waals surface area contributed by atoms with E-state index in [2.05, 4.69) is 15.3 Å². The second-order valence-electron chi connectivity index (χ2n) is 3.81. The van der Waals surface area contributed by atoms with E-state index in [0.29, 0.717) is 29.7 Å². The Bertz CT molecular complexity index is 398. The molecule has 0 fully saturated rings. The van der Waals surface area contributed by atoms with E-state index >= 15 is 0 Å². The Labute approximate surface area is 103 Å². The van der Waals surface area contributed by atoms with Gasteiger partial charge in [0.05, 0.1) is 6.10 Å². The van der Waals surface area contributed by atoms with Gasteiger partial charge in [0.25, 0.3) is 0 Å². The summed E-state index contributed by atoms with van der Waals surface area (Å²) in [5.74, 6) is 1.43. The summed E-state index contributed by atoms with van der Waals surface area (Å²) in [7, 11) is -0.838. The van der Waals surface area contributed by atoms with Crippen LogP contribution < -0.4 is 15.8 Å². The van der Waals surface area contributed by atoms with Crippen molar-refractivity contribution in [3.63, 3.8) is 0 Å².